The summed E-state index contributed by atoms with van der Waals surface area (Å²) in [5, 5.41) is 0. The molecule has 3 atom stereocenters. The van der Waals surface area contributed by atoms with Crippen molar-refractivity contribution in [2.75, 3.05) is 6.61 Å². The van der Waals surface area contributed by atoms with Crippen LogP contribution in [0.25, 0.3) is 0 Å². The van der Waals surface area contributed by atoms with E-state index in [1.165, 1.54) is 0 Å². The van der Waals surface area contributed by atoms with Crippen LogP contribution in [-0.4, -0.2) is 18.8 Å². The molecule has 2 rings (SSSR count). The van der Waals surface area contributed by atoms with Gasteiger partial charge in [-0.15, -0.1) is 0 Å². The molecule has 1 aliphatic heterocycles. The Bertz CT molecular complexity index is 309. The van der Waals surface area contributed by atoms with Gasteiger partial charge in [0, 0.05) is 18.7 Å². The van der Waals surface area contributed by atoms with Crippen LogP contribution >= 0.6 is 0 Å². The van der Waals surface area contributed by atoms with E-state index in [-0.39, 0.29) is 18.2 Å². The van der Waals surface area contributed by atoms with Gasteiger partial charge in [0.25, 0.3) is 0 Å². The van der Waals surface area contributed by atoms with Crippen molar-refractivity contribution in [1.29, 1.82) is 0 Å². The summed E-state index contributed by atoms with van der Waals surface area (Å²) >= 11 is 0. The average molecular weight is 220 g/mol. The Morgan fingerprint density at radius 1 is 1.25 bits per heavy atom. The number of hydrogen-bond donors (Lipinski definition) is 2. The lowest BCUT2D eigenvalue weighted by Gasteiger charge is -2.22. The number of benzene rings is 1. The third-order valence-electron chi connectivity index (χ3n) is 3.20. The Morgan fingerprint density at radius 3 is 2.62 bits per heavy atom. The summed E-state index contributed by atoms with van der Waals surface area (Å²) in [7, 11) is 0. The van der Waals surface area contributed by atoms with Crippen LogP contribution in [0, 0.1) is 0 Å². The van der Waals surface area contributed by atoms with E-state index in [0.29, 0.717) is 0 Å². The van der Waals surface area contributed by atoms with Crippen LogP contribution in [-0.2, 0) is 4.74 Å². The maximum Gasteiger partial charge on any atom is 0.0727 e. The molecule has 3 unspecified atom stereocenters. The molecule has 0 radical (unpaired) electrons. The molecule has 1 fully saturated rings. The van der Waals surface area contributed by atoms with Crippen molar-refractivity contribution in [3.63, 3.8) is 0 Å². The molecule has 1 aliphatic rings. The Labute approximate surface area is 96.8 Å². The summed E-state index contributed by atoms with van der Waals surface area (Å²) in [5.74, 6) is 0. The van der Waals surface area contributed by atoms with Crippen LogP contribution in [0.2, 0.25) is 0 Å². The summed E-state index contributed by atoms with van der Waals surface area (Å²) < 4.78 is 5.57. The van der Waals surface area contributed by atoms with Crippen molar-refractivity contribution in [3.05, 3.63) is 35.9 Å². The van der Waals surface area contributed by atoms with Gasteiger partial charge in [-0.25, -0.2) is 0 Å². The first-order valence-electron chi connectivity index (χ1n) is 5.95. The van der Waals surface area contributed by atoms with E-state index in [0.717, 1.165) is 31.4 Å². The van der Waals surface area contributed by atoms with Crippen molar-refractivity contribution < 1.29 is 4.74 Å². The lowest BCUT2D eigenvalue weighted by atomic mass is 9.96. The van der Waals surface area contributed by atoms with Gasteiger partial charge in [0.1, 0.15) is 0 Å². The zero-order valence-electron chi connectivity index (χ0n) is 9.51. The molecule has 0 aromatic heterocycles. The summed E-state index contributed by atoms with van der Waals surface area (Å²) in [4.78, 5) is 0. The second-order valence-corrected chi connectivity index (χ2v) is 4.47. The molecule has 1 heterocycles. The predicted octanol–water partition coefficient (Wildman–Crippen LogP) is 1.58. The van der Waals surface area contributed by atoms with Gasteiger partial charge >= 0.3 is 0 Å². The number of hydrogen-bond acceptors (Lipinski definition) is 3. The Morgan fingerprint density at radius 2 is 2.00 bits per heavy atom. The highest BCUT2D eigenvalue weighted by molar-refractivity contribution is 5.18. The maximum atomic E-state index is 6.13. The number of rotatable bonds is 4. The molecule has 3 heteroatoms. The van der Waals surface area contributed by atoms with Crippen molar-refractivity contribution in [1.82, 2.24) is 0 Å². The zero-order chi connectivity index (χ0) is 11.4. The molecular weight excluding hydrogens is 200 g/mol. The van der Waals surface area contributed by atoms with E-state index < -0.39 is 0 Å². The monoisotopic (exact) mass is 220 g/mol. The molecule has 0 amide bonds. The molecule has 0 aliphatic carbocycles. The Hall–Kier alpha value is -0.900. The van der Waals surface area contributed by atoms with E-state index in [2.05, 4.69) is 0 Å². The highest BCUT2D eigenvalue weighted by atomic mass is 16.5. The average Bonchev–Trinajstić information content (AvgIpc) is 2.83. The number of nitrogens with two attached hydrogens (primary N) is 2. The van der Waals surface area contributed by atoms with Crippen LogP contribution in [0.4, 0.5) is 0 Å². The third kappa shape index (κ3) is 2.82. The molecule has 4 N–H and O–H groups in total. The Kier molecular flexibility index (Phi) is 3.93. The molecule has 0 saturated carbocycles. The molecule has 0 bridgehead atoms. The van der Waals surface area contributed by atoms with Crippen LogP contribution in [0.5, 0.6) is 0 Å². The molecule has 1 aromatic rings. The molecule has 88 valence electrons. The molecule has 3 nitrogen and oxygen atoms in total. The Balaban J connectivity index is 1.89. The fourth-order valence-electron chi connectivity index (χ4n) is 2.22. The summed E-state index contributed by atoms with van der Waals surface area (Å²) in [6.45, 7) is 0.846. The molecule has 1 saturated heterocycles. The second kappa shape index (κ2) is 5.43. The maximum absolute atomic E-state index is 6.13. The normalized spacial score (nSPS) is 24.2. The first kappa shape index (κ1) is 11.6. The first-order valence-corrected chi connectivity index (χ1v) is 5.95. The molecule has 16 heavy (non-hydrogen) atoms. The van der Waals surface area contributed by atoms with Gasteiger partial charge in [0.2, 0.25) is 0 Å². The summed E-state index contributed by atoms with van der Waals surface area (Å²) in [5.41, 5.74) is 13.4. The minimum Gasteiger partial charge on any atom is -0.377 e. The van der Waals surface area contributed by atoms with Gasteiger partial charge < -0.3 is 16.2 Å². The third-order valence-corrected chi connectivity index (χ3v) is 3.20. The fraction of sp³-hybridized carbons (Fsp3) is 0.538. The molecule has 1 aromatic carbocycles. The van der Waals surface area contributed by atoms with Gasteiger partial charge in [0.15, 0.2) is 0 Å². The molecular formula is C13H20N2O. The van der Waals surface area contributed by atoms with Gasteiger partial charge in [-0.1, -0.05) is 30.3 Å². The van der Waals surface area contributed by atoms with E-state index >= 15 is 0 Å². The number of ether oxygens (including phenoxy) is 1. The smallest absolute Gasteiger partial charge is 0.0727 e. The van der Waals surface area contributed by atoms with E-state index in [4.69, 9.17) is 16.2 Å². The van der Waals surface area contributed by atoms with Crippen molar-refractivity contribution in [3.8, 4) is 0 Å². The second-order valence-electron chi connectivity index (χ2n) is 4.47. The molecule has 0 spiro atoms. The predicted molar refractivity (Wildman–Crippen MR) is 64.9 cm³/mol. The highest BCUT2D eigenvalue weighted by Crippen LogP contribution is 2.21. The van der Waals surface area contributed by atoms with Crippen molar-refractivity contribution in [2.24, 2.45) is 11.5 Å². The topological polar surface area (TPSA) is 61.3 Å². The first-order chi connectivity index (χ1) is 7.77. The van der Waals surface area contributed by atoms with E-state index in [1.54, 1.807) is 0 Å². The van der Waals surface area contributed by atoms with Crippen LogP contribution < -0.4 is 11.5 Å². The lowest BCUT2D eigenvalue weighted by Crippen LogP contribution is -2.37. The van der Waals surface area contributed by atoms with E-state index in [9.17, 15) is 0 Å². The van der Waals surface area contributed by atoms with Gasteiger partial charge in [-0.3, -0.25) is 0 Å². The summed E-state index contributed by atoms with van der Waals surface area (Å²) in [6.07, 6.45) is 3.19. The standard InChI is InChI=1S/C13H20N2O/c14-11(10-5-2-1-3-6-10)9-12(15)13-7-4-8-16-13/h1-3,5-6,11-13H,4,7-9,14-15H2. The zero-order valence-corrected chi connectivity index (χ0v) is 9.51. The minimum atomic E-state index is 0.0143. The van der Waals surface area contributed by atoms with Crippen LogP contribution in [0.3, 0.4) is 0 Å². The van der Waals surface area contributed by atoms with E-state index in [1.807, 2.05) is 30.3 Å². The van der Waals surface area contributed by atoms with Gasteiger partial charge in [-0.05, 0) is 24.8 Å². The lowest BCUT2D eigenvalue weighted by molar-refractivity contribution is 0.0855. The van der Waals surface area contributed by atoms with Gasteiger partial charge in [0.05, 0.1) is 6.10 Å². The largest absolute Gasteiger partial charge is 0.377 e. The highest BCUT2D eigenvalue weighted by Gasteiger charge is 2.24. The SMILES string of the molecule is NC(CC(N)C1CCCO1)c1ccccc1. The fourth-order valence-corrected chi connectivity index (χ4v) is 2.22. The van der Waals surface area contributed by atoms with Crippen LogP contribution in [0.15, 0.2) is 30.3 Å². The van der Waals surface area contributed by atoms with Crippen LogP contribution in [0.1, 0.15) is 30.9 Å². The van der Waals surface area contributed by atoms with Gasteiger partial charge in [-0.2, -0.15) is 0 Å². The summed E-state index contributed by atoms with van der Waals surface area (Å²) in [6, 6.07) is 10.2. The minimum absolute atomic E-state index is 0.0143. The quantitative estimate of drug-likeness (QED) is 0.810. The van der Waals surface area contributed by atoms with Crippen molar-refractivity contribution >= 4 is 0 Å². The van der Waals surface area contributed by atoms with Crippen molar-refractivity contribution in [2.45, 2.75) is 37.5 Å².